The third-order valence-electron chi connectivity index (χ3n) is 6.86. The molecule has 0 N–H and O–H groups in total. The van der Waals surface area contributed by atoms with E-state index in [0.717, 1.165) is 36.2 Å². The van der Waals surface area contributed by atoms with E-state index in [9.17, 15) is 8.78 Å². The van der Waals surface area contributed by atoms with Gasteiger partial charge in [0, 0.05) is 0 Å². The van der Waals surface area contributed by atoms with Crippen LogP contribution in [0.15, 0.2) is 29.8 Å². The third-order valence-corrected chi connectivity index (χ3v) is 6.86. The molecule has 0 nitrogen and oxygen atoms in total. The molecule has 144 valence electrons. The Bertz CT molecular complexity index is 596. The molecule has 0 aromatic heterocycles. The van der Waals surface area contributed by atoms with Gasteiger partial charge in [0.1, 0.15) is 0 Å². The zero-order chi connectivity index (χ0) is 18.4. The number of benzene rings is 1. The van der Waals surface area contributed by atoms with Crippen LogP contribution in [0.1, 0.15) is 83.1 Å². The van der Waals surface area contributed by atoms with Crippen LogP contribution in [0.25, 0.3) is 0 Å². The van der Waals surface area contributed by atoms with E-state index in [0.29, 0.717) is 0 Å². The highest BCUT2D eigenvalue weighted by molar-refractivity contribution is 5.19. The van der Waals surface area contributed by atoms with Crippen LogP contribution in [0.4, 0.5) is 8.78 Å². The molecular formula is C24H34F2. The average molecular weight is 361 g/mol. The van der Waals surface area contributed by atoms with Gasteiger partial charge in [-0.05, 0) is 74.0 Å². The van der Waals surface area contributed by atoms with E-state index in [2.05, 4.69) is 13.0 Å². The number of hydrogen-bond acceptors (Lipinski definition) is 0. The van der Waals surface area contributed by atoms with Gasteiger partial charge >= 0.3 is 0 Å². The molecule has 1 saturated carbocycles. The Kier molecular flexibility index (Phi) is 7.28. The minimum absolute atomic E-state index is 0.729. The first-order chi connectivity index (χ1) is 12.6. The van der Waals surface area contributed by atoms with Gasteiger partial charge < -0.3 is 0 Å². The second kappa shape index (κ2) is 9.67. The van der Waals surface area contributed by atoms with Gasteiger partial charge in [0.15, 0.2) is 11.6 Å². The van der Waals surface area contributed by atoms with Gasteiger partial charge in [0.25, 0.3) is 0 Å². The Labute approximate surface area is 158 Å². The SMILES string of the molecule is CC[C@H]1CC[C@H](CCC2CC=C(CCc3ccc(F)c(F)c3)CC2)CC1. The zero-order valence-corrected chi connectivity index (χ0v) is 16.3. The highest BCUT2D eigenvalue weighted by atomic mass is 19.2. The van der Waals surface area contributed by atoms with Gasteiger partial charge in [-0.15, -0.1) is 0 Å². The summed E-state index contributed by atoms with van der Waals surface area (Å²) in [6.45, 7) is 2.34. The maximum atomic E-state index is 13.3. The van der Waals surface area contributed by atoms with Gasteiger partial charge in [-0.25, -0.2) is 8.78 Å². The normalized spacial score (nSPS) is 26.6. The fourth-order valence-corrected chi connectivity index (χ4v) is 4.83. The van der Waals surface area contributed by atoms with E-state index >= 15 is 0 Å². The number of aryl methyl sites for hydroxylation is 1. The van der Waals surface area contributed by atoms with Gasteiger partial charge in [0.05, 0.1) is 0 Å². The number of halogens is 2. The average Bonchev–Trinajstić information content (AvgIpc) is 2.68. The van der Waals surface area contributed by atoms with Crippen LogP contribution in [0.5, 0.6) is 0 Å². The Morgan fingerprint density at radius 3 is 2.23 bits per heavy atom. The molecule has 2 heteroatoms. The molecule has 0 heterocycles. The Balaban J connectivity index is 1.36. The predicted molar refractivity (Wildman–Crippen MR) is 105 cm³/mol. The summed E-state index contributed by atoms with van der Waals surface area (Å²) >= 11 is 0. The van der Waals surface area contributed by atoms with Crippen LogP contribution >= 0.6 is 0 Å². The number of hydrogen-bond donors (Lipinski definition) is 0. The van der Waals surface area contributed by atoms with E-state index < -0.39 is 11.6 Å². The highest BCUT2D eigenvalue weighted by Crippen LogP contribution is 2.36. The predicted octanol–water partition coefficient (Wildman–Crippen LogP) is 7.62. The van der Waals surface area contributed by atoms with Crippen LogP contribution in [0.3, 0.4) is 0 Å². The zero-order valence-electron chi connectivity index (χ0n) is 16.3. The smallest absolute Gasteiger partial charge is 0.159 e. The summed E-state index contributed by atoms with van der Waals surface area (Å²) in [6.07, 6.45) is 18.0. The van der Waals surface area contributed by atoms with Crippen LogP contribution in [0, 0.1) is 29.4 Å². The molecule has 2 aliphatic rings. The minimum atomic E-state index is -0.753. The molecule has 2 aliphatic carbocycles. The summed E-state index contributed by atoms with van der Waals surface area (Å²) in [7, 11) is 0. The van der Waals surface area contributed by atoms with Crippen molar-refractivity contribution in [1.29, 1.82) is 0 Å². The number of rotatable bonds is 7. The van der Waals surface area contributed by atoms with Gasteiger partial charge in [-0.3, -0.25) is 0 Å². The second-order valence-electron chi connectivity index (χ2n) is 8.62. The van der Waals surface area contributed by atoms with E-state index in [-0.39, 0.29) is 0 Å². The first-order valence-corrected chi connectivity index (χ1v) is 10.8. The molecule has 3 rings (SSSR count). The Morgan fingerprint density at radius 1 is 0.846 bits per heavy atom. The van der Waals surface area contributed by atoms with Crippen molar-refractivity contribution in [3.8, 4) is 0 Å². The van der Waals surface area contributed by atoms with Crippen LogP contribution in [-0.2, 0) is 6.42 Å². The molecule has 1 atom stereocenters. The van der Waals surface area contributed by atoms with Gasteiger partial charge in [-0.2, -0.15) is 0 Å². The first-order valence-electron chi connectivity index (χ1n) is 10.8. The molecule has 0 amide bonds. The summed E-state index contributed by atoms with van der Waals surface area (Å²) < 4.78 is 26.3. The third kappa shape index (κ3) is 5.66. The summed E-state index contributed by atoms with van der Waals surface area (Å²) in [5, 5.41) is 0. The molecule has 0 saturated heterocycles. The van der Waals surface area contributed by atoms with Crippen molar-refractivity contribution in [2.24, 2.45) is 17.8 Å². The minimum Gasteiger partial charge on any atom is -0.204 e. The molecule has 0 aliphatic heterocycles. The van der Waals surface area contributed by atoms with Gasteiger partial charge in [0.2, 0.25) is 0 Å². The lowest BCUT2D eigenvalue weighted by Gasteiger charge is -2.29. The van der Waals surface area contributed by atoms with Crippen LogP contribution in [-0.4, -0.2) is 0 Å². The molecular weight excluding hydrogens is 326 g/mol. The first kappa shape index (κ1) is 19.6. The topological polar surface area (TPSA) is 0 Å². The van der Waals surface area contributed by atoms with Crippen LogP contribution in [0.2, 0.25) is 0 Å². The van der Waals surface area contributed by atoms with E-state index in [1.807, 2.05) is 0 Å². The quantitative estimate of drug-likeness (QED) is 0.439. The van der Waals surface area contributed by atoms with Crippen molar-refractivity contribution in [3.05, 3.63) is 47.0 Å². The molecule has 0 bridgehead atoms. The summed E-state index contributed by atoms with van der Waals surface area (Å²) in [5.74, 6) is 1.37. The molecule has 1 fully saturated rings. The summed E-state index contributed by atoms with van der Waals surface area (Å²) in [4.78, 5) is 0. The van der Waals surface area contributed by atoms with Crippen molar-refractivity contribution in [2.75, 3.05) is 0 Å². The molecule has 1 aromatic carbocycles. The van der Waals surface area contributed by atoms with E-state index in [1.54, 1.807) is 6.07 Å². The molecule has 0 spiro atoms. The Hall–Kier alpha value is -1.18. The molecule has 26 heavy (non-hydrogen) atoms. The number of allylic oxidation sites excluding steroid dienone is 2. The standard InChI is InChI=1S/C24H34F2/c1-2-18-3-5-19(6-4-18)7-8-20-9-11-21(12-10-20)13-14-22-15-16-23(25)24(26)17-22/h11,15-20H,2-10,12-14H2,1H3/t18-,19-,20?. The maximum Gasteiger partial charge on any atom is 0.159 e. The molecule has 1 aromatic rings. The highest BCUT2D eigenvalue weighted by Gasteiger charge is 2.22. The van der Waals surface area contributed by atoms with Crippen LogP contribution < -0.4 is 0 Å². The van der Waals surface area contributed by atoms with Gasteiger partial charge in [-0.1, -0.05) is 63.2 Å². The summed E-state index contributed by atoms with van der Waals surface area (Å²) in [6, 6.07) is 4.29. The van der Waals surface area contributed by atoms with Crippen molar-refractivity contribution < 1.29 is 8.78 Å². The molecule has 1 unspecified atom stereocenters. The fraction of sp³-hybridized carbons (Fsp3) is 0.667. The van der Waals surface area contributed by atoms with Crippen molar-refractivity contribution >= 4 is 0 Å². The van der Waals surface area contributed by atoms with Crippen molar-refractivity contribution in [3.63, 3.8) is 0 Å². The lowest BCUT2D eigenvalue weighted by atomic mass is 9.76. The summed E-state index contributed by atoms with van der Waals surface area (Å²) in [5.41, 5.74) is 2.41. The molecule has 0 radical (unpaired) electrons. The van der Waals surface area contributed by atoms with E-state index in [1.165, 1.54) is 81.9 Å². The maximum absolute atomic E-state index is 13.3. The van der Waals surface area contributed by atoms with E-state index in [4.69, 9.17) is 0 Å². The second-order valence-corrected chi connectivity index (χ2v) is 8.62. The van der Waals surface area contributed by atoms with Crippen molar-refractivity contribution in [2.45, 2.75) is 84.0 Å². The lowest BCUT2D eigenvalue weighted by Crippen LogP contribution is -2.15. The fourth-order valence-electron chi connectivity index (χ4n) is 4.83. The Morgan fingerprint density at radius 2 is 1.58 bits per heavy atom. The lowest BCUT2D eigenvalue weighted by molar-refractivity contribution is 0.241. The van der Waals surface area contributed by atoms with Crippen molar-refractivity contribution in [1.82, 2.24) is 0 Å². The monoisotopic (exact) mass is 360 g/mol. The largest absolute Gasteiger partial charge is 0.204 e.